The molecule has 49 heavy (non-hydrogen) atoms. The largest absolute Gasteiger partial charge is 0.456 e. The van der Waals surface area contributed by atoms with Crippen LogP contribution in [0.3, 0.4) is 0 Å². The summed E-state index contributed by atoms with van der Waals surface area (Å²) in [5.74, 6) is 1.85. The molecule has 0 bridgehead atoms. The summed E-state index contributed by atoms with van der Waals surface area (Å²) < 4.78 is 6.46. The molecular weight excluding hydrogens is 599 g/mol. The predicted octanol–water partition coefficient (Wildman–Crippen LogP) is 11.9. The first-order valence-corrected chi connectivity index (χ1v) is 16.4. The second-order valence-electron chi connectivity index (χ2n) is 12.4. The molecule has 0 aliphatic carbocycles. The minimum absolute atomic E-state index is 0.597. The van der Waals surface area contributed by atoms with E-state index in [1.807, 2.05) is 42.5 Å². The molecule has 0 fully saturated rings. The highest BCUT2D eigenvalue weighted by atomic mass is 16.3. The van der Waals surface area contributed by atoms with Crippen LogP contribution in [0.25, 0.3) is 99.5 Å². The van der Waals surface area contributed by atoms with Gasteiger partial charge in [-0.1, -0.05) is 133 Å². The molecule has 10 aromatic rings. The van der Waals surface area contributed by atoms with E-state index >= 15 is 0 Å². The highest BCUT2D eigenvalue weighted by molar-refractivity contribution is 6.25. The Morgan fingerprint density at radius 1 is 0.265 bits per heavy atom. The molecule has 0 unspecified atom stereocenters. The Bertz CT molecular complexity index is 2840. The molecule has 0 atom stereocenters. The molecule has 8 aromatic carbocycles. The van der Waals surface area contributed by atoms with Gasteiger partial charge in [0.05, 0.1) is 0 Å². The number of hydrogen-bond acceptors (Lipinski definition) is 4. The lowest BCUT2D eigenvalue weighted by atomic mass is 9.93. The van der Waals surface area contributed by atoms with Gasteiger partial charge >= 0.3 is 0 Å². The van der Waals surface area contributed by atoms with Crippen LogP contribution in [-0.4, -0.2) is 15.0 Å². The molecule has 4 heteroatoms. The normalized spacial score (nSPS) is 11.7. The van der Waals surface area contributed by atoms with Crippen LogP contribution in [0.2, 0.25) is 0 Å². The third-order valence-corrected chi connectivity index (χ3v) is 9.51. The van der Waals surface area contributed by atoms with Gasteiger partial charge in [-0.25, -0.2) is 15.0 Å². The van der Waals surface area contributed by atoms with E-state index in [0.29, 0.717) is 17.5 Å². The van der Waals surface area contributed by atoms with Crippen molar-refractivity contribution >= 4 is 54.3 Å². The van der Waals surface area contributed by atoms with E-state index < -0.39 is 0 Å². The highest BCUT2D eigenvalue weighted by Gasteiger charge is 2.16. The standard InChI is InChI=1S/C45H27N3O/c1-3-11-28(12-4-1)30-19-23-38-39-24-21-32(27-42(39)49-41(38)26-30)45-47-43(29-13-5-2-6-14-29)46-44(48-45)31-20-22-37-35-17-8-7-15-33(35)34-16-9-10-18-36(34)40(37)25-31/h1-27H. The summed E-state index contributed by atoms with van der Waals surface area (Å²) in [6, 6.07) is 56.9. The Kier molecular flexibility index (Phi) is 6.15. The molecule has 0 saturated carbocycles. The highest BCUT2D eigenvalue weighted by Crippen LogP contribution is 2.38. The van der Waals surface area contributed by atoms with Crippen molar-refractivity contribution in [3.63, 3.8) is 0 Å². The first-order valence-electron chi connectivity index (χ1n) is 16.4. The van der Waals surface area contributed by atoms with Crippen molar-refractivity contribution in [2.45, 2.75) is 0 Å². The molecule has 0 N–H and O–H groups in total. The van der Waals surface area contributed by atoms with E-state index in [4.69, 9.17) is 19.4 Å². The van der Waals surface area contributed by atoms with Gasteiger partial charge in [-0.3, -0.25) is 0 Å². The number of aromatic nitrogens is 3. The van der Waals surface area contributed by atoms with E-state index in [1.54, 1.807) is 0 Å². The summed E-state index contributed by atoms with van der Waals surface area (Å²) in [5, 5.41) is 9.46. The number of nitrogens with zero attached hydrogens (tertiary/aromatic N) is 3. The van der Waals surface area contributed by atoms with Gasteiger partial charge in [0.15, 0.2) is 17.5 Å². The predicted molar refractivity (Wildman–Crippen MR) is 201 cm³/mol. The fraction of sp³-hybridized carbons (Fsp3) is 0. The summed E-state index contributed by atoms with van der Waals surface area (Å²) in [7, 11) is 0. The Hall–Kier alpha value is -6.65. The molecule has 2 heterocycles. The van der Waals surface area contributed by atoms with Crippen LogP contribution in [0.15, 0.2) is 168 Å². The zero-order chi connectivity index (χ0) is 32.3. The zero-order valence-electron chi connectivity index (χ0n) is 26.3. The van der Waals surface area contributed by atoms with Crippen molar-refractivity contribution in [3.05, 3.63) is 164 Å². The molecule has 0 saturated heterocycles. The lowest BCUT2D eigenvalue weighted by molar-refractivity contribution is 0.669. The van der Waals surface area contributed by atoms with E-state index in [9.17, 15) is 0 Å². The molecule has 0 radical (unpaired) electrons. The smallest absolute Gasteiger partial charge is 0.164 e. The summed E-state index contributed by atoms with van der Waals surface area (Å²) >= 11 is 0. The van der Waals surface area contributed by atoms with Crippen LogP contribution < -0.4 is 0 Å². The van der Waals surface area contributed by atoms with Gasteiger partial charge in [-0.2, -0.15) is 0 Å². The number of rotatable bonds is 4. The van der Waals surface area contributed by atoms with E-state index in [-0.39, 0.29) is 0 Å². The SMILES string of the molecule is c1ccc(-c2ccc3c(c2)oc2cc(-c4nc(-c5ccccc5)nc(-c5ccc6c7ccccc7c7ccccc7c6c5)n4)ccc23)cc1. The van der Waals surface area contributed by atoms with Gasteiger partial charge in [0, 0.05) is 27.5 Å². The minimum atomic E-state index is 0.597. The molecule has 228 valence electrons. The topological polar surface area (TPSA) is 51.8 Å². The van der Waals surface area contributed by atoms with E-state index in [2.05, 4.69) is 121 Å². The Morgan fingerprint density at radius 3 is 1.22 bits per heavy atom. The van der Waals surface area contributed by atoms with Crippen LogP contribution in [-0.2, 0) is 0 Å². The van der Waals surface area contributed by atoms with Gasteiger partial charge in [-0.05, 0) is 73.8 Å². The van der Waals surface area contributed by atoms with Crippen LogP contribution in [0.4, 0.5) is 0 Å². The molecule has 2 aromatic heterocycles. The molecular formula is C45H27N3O. The Morgan fingerprint density at radius 2 is 0.653 bits per heavy atom. The van der Waals surface area contributed by atoms with Gasteiger partial charge < -0.3 is 4.42 Å². The maximum atomic E-state index is 6.46. The second kappa shape index (κ2) is 11.0. The van der Waals surface area contributed by atoms with Crippen molar-refractivity contribution in [2.24, 2.45) is 0 Å². The zero-order valence-corrected chi connectivity index (χ0v) is 26.3. The van der Waals surface area contributed by atoms with E-state index in [0.717, 1.165) is 49.8 Å². The van der Waals surface area contributed by atoms with Crippen molar-refractivity contribution in [2.75, 3.05) is 0 Å². The second-order valence-corrected chi connectivity index (χ2v) is 12.4. The first-order chi connectivity index (χ1) is 24.3. The van der Waals surface area contributed by atoms with Gasteiger partial charge in [0.25, 0.3) is 0 Å². The van der Waals surface area contributed by atoms with Crippen molar-refractivity contribution < 1.29 is 4.42 Å². The molecule has 0 spiro atoms. The first kappa shape index (κ1) is 27.5. The fourth-order valence-electron chi connectivity index (χ4n) is 7.12. The van der Waals surface area contributed by atoms with Crippen molar-refractivity contribution in [3.8, 4) is 45.3 Å². The monoisotopic (exact) mass is 625 g/mol. The maximum Gasteiger partial charge on any atom is 0.164 e. The lowest BCUT2D eigenvalue weighted by Crippen LogP contribution is -2.00. The molecule has 0 aliphatic heterocycles. The quantitative estimate of drug-likeness (QED) is 0.183. The molecule has 4 nitrogen and oxygen atoms in total. The van der Waals surface area contributed by atoms with Crippen LogP contribution in [0.5, 0.6) is 0 Å². The van der Waals surface area contributed by atoms with Gasteiger partial charge in [-0.15, -0.1) is 0 Å². The lowest BCUT2D eigenvalue weighted by Gasteiger charge is -2.12. The number of fused-ring (bicyclic) bond motifs is 9. The van der Waals surface area contributed by atoms with Crippen LogP contribution >= 0.6 is 0 Å². The molecule has 10 rings (SSSR count). The van der Waals surface area contributed by atoms with Crippen molar-refractivity contribution in [1.82, 2.24) is 15.0 Å². The molecule has 0 aliphatic rings. The van der Waals surface area contributed by atoms with Gasteiger partial charge in [0.1, 0.15) is 11.2 Å². The summed E-state index contributed by atoms with van der Waals surface area (Å²) in [4.78, 5) is 15.1. The Labute approximate surface area is 282 Å². The number of furan rings is 1. The fourth-order valence-corrected chi connectivity index (χ4v) is 7.12. The number of benzene rings is 8. The Balaban J connectivity index is 1.15. The average molecular weight is 626 g/mol. The van der Waals surface area contributed by atoms with Gasteiger partial charge in [0.2, 0.25) is 0 Å². The average Bonchev–Trinajstić information content (AvgIpc) is 3.55. The van der Waals surface area contributed by atoms with Crippen LogP contribution in [0.1, 0.15) is 0 Å². The van der Waals surface area contributed by atoms with E-state index in [1.165, 1.54) is 32.3 Å². The summed E-state index contributed by atoms with van der Waals surface area (Å²) in [5.41, 5.74) is 6.67. The maximum absolute atomic E-state index is 6.46. The van der Waals surface area contributed by atoms with Crippen LogP contribution in [0, 0.1) is 0 Å². The third kappa shape index (κ3) is 4.57. The summed E-state index contributed by atoms with van der Waals surface area (Å²) in [6.45, 7) is 0. The summed E-state index contributed by atoms with van der Waals surface area (Å²) in [6.07, 6.45) is 0. The third-order valence-electron chi connectivity index (χ3n) is 9.51. The minimum Gasteiger partial charge on any atom is -0.456 e. The molecule has 0 amide bonds. The van der Waals surface area contributed by atoms with Crippen molar-refractivity contribution in [1.29, 1.82) is 0 Å². The number of hydrogen-bond donors (Lipinski definition) is 0.